The van der Waals surface area contributed by atoms with Gasteiger partial charge in [0.15, 0.2) is 15.0 Å². The smallest absolute Gasteiger partial charge is 0.226 e. The van der Waals surface area contributed by atoms with Crippen LogP contribution >= 0.6 is 22.9 Å². The zero-order valence-electron chi connectivity index (χ0n) is 15.0. The van der Waals surface area contributed by atoms with Crippen molar-refractivity contribution >= 4 is 54.0 Å². The van der Waals surface area contributed by atoms with Crippen LogP contribution in [0.3, 0.4) is 0 Å². The summed E-state index contributed by atoms with van der Waals surface area (Å²) in [6, 6.07) is 10.1. The molecule has 0 aliphatic carbocycles. The van der Waals surface area contributed by atoms with Crippen LogP contribution in [0.4, 0.5) is 5.13 Å². The van der Waals surface area contributed by atoms with E-state index in [0.717, 1.165) is 21.3 Å². The maximum absolute atomic E-state index is 12.3. The molecule has 0 atom stereocenters. The molecule has 2 aromatic carbocycles. The van der Waals surface area contributed by atoms with Crippen molar-refractivity contribution in [2.45, 2.75) is 31.6 Å². The van der Waals surface area contributed by atoms with Crippen LogP contribution in [0.25, 0.3) is 10.2 Å². The SMILES string of the molecule is Cc1cc(C)c2nc(NC(=O)CCCS(=O)(=O)c3ccc(Cl)cc3)sc2c1. The topological polar surface area (TPSA) is 76.1 Å². The lowest BCUT2D eigenvalue weighted by Gasteiger charge is -2.05. The molecule has 3 aromatic rings. The Kier molecular flexibility index (Phi) is 5.83. The summed E-state index contributed by atoms with van der Waals surface area (Å²) >= 11 is 7.20. The van der Waals surface area contributed by atoms with Gasteiger partial charge >= 0.3 is 0 Å². The molecule has 5 nitrogen and oxygen atoms in total. The second-order valence-electron chi connectivity index (χ2n) is 6.37. The van der Waals surface area contributed by atoms with Crippen LogP contribution in [0.15, 0.2) is 41.3 Å². The molecular formula is C19H19ClN2O3S2. The van der Waals surface area contributed by atoms with Gasteiger partial charge < -0.3 is 5.32 Å². The number of sulfone groups is 1. The monoisotopic (exact) mass is 422 g/mol. The van der Waals surface area contributed by atoms with Gasteiger partial charge in [-0.1, -0.05) is 29.0 Å². The first-order chi connectivity index (χ1) is 12.7. The first-order valence-electron chi connectivity index (χ1n) is 8.40. The zero-order valence-corrected chi connectivity index (χ0v) is 17.3. The van der Waals surface area contributed by atoms with E-state index in [2.05, 4.69) is 16.4 Å². The van der Waals surface area contributed by atoms with Crippen LogP contribution in [0.2, 0.25) is 5.02 Å². The summed E-state index contributed by atoms with van der Waals surface area (Å²) in [5.74, 6) is -0.338. The van der Waals surface area contributed by atoms with Gasteiger partial charge in [0.1, 0.15) is 0 Å². The van der Waals surface area contributed by atoms with Crippen molar-refractivity contribution in [1.82, 2.24) is 4.98 Å². The standard InChI is InChI=1S/C19H19ClN2O3S2/c1-12-10-13(2)18-16(11-12)26-19(22-18)21-17(23)4-3-9-27(24,25)15-7-5-14(20)6-8-15/h5-8,10-11H,3-4,9H2,1-2H3,(H,21,22,23). The highest BCUT2D eigenvalue weighted by Gasteiger charge is 2.16. The predicted octanol–water partition coefficient (Wildman–Crippen LogP) is 4.76. The molecule has 3 rings (SSSR count). The summed E-state index contributed by atoms with van der Waals surface area (Å²) in [7, 11) is -3.43. The minimum absolute atomic E-state index is 0.0970. The maximum atomic E-state index is 12.3. The summed E-state index contributed by atoms with van der Waals surface area (Å²) in [6.45, 7) is 4.01. The molecule has 8 heteroatoms. The molecular weight excluding hydrogens is 404 g/mol. The van der Waals surface area contributed by atoms with Crippen molar-refractivity contribution in [2.75, 3.05) is 11.1 Å². The van der Waals surface area contributed by atoms with Crippen LogP contribution in [-0.4, -0.2) is 25.1 Å². The summed E-state index contributed by atoms with van der Waals surface area (Å²) in [4.78, 5) is 16.8. The Hall–Kier alpha value is -1.96. The number of halogens is 1. The van der Waals surface area contributed by atoms with Gasteiger partial charge in [-0.05, 0) is 61.7 Å². The van der Waals surface area contributed by atoms with E-state index in [1.165, 1.54) is 35.6 Å². The minimum atomic E-state index is -3.43. The molecule has 1 heterocycles. The number of hydrogen-bond acceptors (Lipinski definition) is 5. The number of aryl methyl sites for hydroxylation is 2. The van der Waals surface area contributed by atoms with E-state index in [-0.39, 0.29) is 29.4 Å². The Morgan fingerprint density at radius 2 is 1.89 bits per heavy atom. The van der Waals surface area contributed by atoms with Crippen LogP contribution in [-0.2, 0) is 14.6 Å². The molecule has 0 spiro atoms. The lowest BCUT2D eigenvalue weighted by molar-refractivity contribution is -0.116. The number of fused-ring (bicyclic) bond motifs is 1. The number of nitrogens with one attached hydrogen (secondary N) is 1. The summed E-state index contributed by atoms with van der Waals surface area (Å²) < 4.78 is 25.6. The number of rotatable bonds is 6. The molecule has 0 unspecified atom stereocenters. The number of anilines is 1. The van der Waals surface area contributed by atoms with E-state index < -0.39 is 9.84 Å². The number of carbonyl (C=O) groups excluding carboxylic acids is 1. The van der Waals surface area contributed by atoms with Crippen molar-refractivity contribution < 1.29 is 13.2 Å². The van der Waals surface area contributed by atoms with Crippen molar-refractivity contribution in [2.24, 2.45) is 0 Å². The van der Waals surface area contributed by atoms with Crippen LogP contribution in [0.1, 0.15) is 24.0 Å². The zero-order chi connectivity index (χ0) is 19.6. The molecule has 27 heavy (non-hydrogen) atoms. The van der Waals surface area contributed by atoms with E-state index in [0.29, 0.717) is 10.2 Å². The van der Waals surface area contributed by atoms with Gasteiger partial charge in [-0.25, -0.2) is 13.4 Å². The van der Waals surface area contributed by atoms with Gasteiger partial charge in [-0.15, -0.1) is 0 Å². The van der Waals surface area contributed by atoms with Gasteiger partial charge in [0.25, 0.3) is 0 Å². The number of hydrogen-bond donors (Lipinski definition) is 1. The fraction of sp³-hybridized carbons (Fsp3) is 0.263. The van der Waals surface area contributed by atoms with Gasteiger partial charge in [0.05, 0.1) is 20.9 Å². The molecule has 0 saturated heterocycles. The molecule has 1 amide bonds. The van der Waals surface area contributed by atoms with Crippen molar-refractivity contribution in [3.63, 3.8) is 0 Å². The lowest BCUT2D eigenvalue weighted by Crippen LogP contribution is -2.14. The Balaban J connectivity index is 1.58. The minimum Gasteiger partial charge on any atom is -0.302 e. The number of amides is 1. The molecule has 0 fully saturated rings. The highest BCUT2D eigenvalue weighted by molar-refractivity contribution is 7.91. The van der Waals surface area contributed by atoms with Crippen LogP contribution in [0.5, 0.6) is 0 Å². The first kappa shape index (κ1) is 19.8. The van der Waals surface area contributed by atoms with Crippen molar-refractivity contribution in [3.8, 4) is 0 Å². The van der Waals surface area contributed by atoms with Crippen molar-refractivity contribution in [1.29, 1.82) is 0 Å². The fourth-order valence-corrected chi connectivity index (χ4v) is 5.28. The molecule has 0 aliphatic heterocycles. The van der Waals surface area contributed by atoms with E-state index >= 15 is 0 Å². The normalized spacial score (nSPS) is 11.7. The Morgan fingerprint density at radius 3 is 2.59 bits per heavy atom. The number of nitrogens with zero attached hydrogens (tertiary/aromatic N) is 1. The van der Waals surface area contributed by atoms with Gasteiger partial charge in [0.2, 0.25) is 5.91 Å². The number of thiazole rings is 1. The van der Waals surface area contributed by atoms with E-state index in [9.17, 15) is 13.2 Å². The number of benzene rings is 2. The third-order valence-electron chi connectivity index (χ3n) is 4.07. The Morgan fingerprint density at radius 1 is 1.19 bits per heavy atom. The molecule has 0 aliphatic rings. The van der Waals surface area contributed by atoms with Crippen LogP contribution < -0.4 is 5.32 Å². The predicted molar refractivity (Wildman–Crippen MR) is 110 cm³/mol. The third-order valence-corrected chi connectivity index (χ3v) is 7.05. The highest BCUT2D eigenvalue weighted by Crippen LogP contribution is 2.29. The average Bonchev–Trinajstić information content (AvgIpc) is 2.97. The number of carbonyl (C=O) groups is 1. The van der Waals surface area contributed by atoms with Gasteiger partial charge in [-0.3, -0.25) is 4.79 Å². The maximum Gasteiger partial charge on any atom is 0.226 e. The highest BCUT2D eigenvalue weighted by atomic mass is 35.5. The molecule has 0 saturated carbocycles. The molecule has 142 valence electrons. The average molecular weight is 423 g/mol. The summed E-state index contributed by atoms with van der Waals surface area (Å²) in [5.41, 5.74) is 3.09. The van der Waals surface area contributed by atoms with Crippen LogP contribution in [0, 0.1) is 13.8 Å². The molecule has 0 bridgehead atoms. The van der Waals surface area contributed by atoms with E-state index in [4.69, 9.17) is 11.6 Å². The van der Waals surface area contributed by atoms with E-state index in [1.54, 1.807) is 0 Å². The summed E-state index contributed by atoms with van der Waals surface area (Å²) in [5, 5.41) is 3.78. The Labute approximate surface area is 167 Å². The Bertz CT molecular complexity index is 1090. The lowest BCUT2D eigenvalue weighted by atomic mass is 10.1. The second-order valence-corrected chi connectivity index (χ2v) is 9.95. The van der Waals surface area contributed by atoms with Gasteiger partial charge in [-0.2, -0.15) is 0 Å². The van der Waals surface area contributed by atoms with E-state index in [1.807, 2.05) is 19.9 Å². The second kappa shape index (κ2) is 7.96. The summed E-state index contributed by atoms with van der Waals surface area (Å²) in [6.07, 6.45) is 0.348. The third kappa shape index (κ3) is 4.86. The molecule has 1 aromatic heterocycles. The van der Waals surface area contributed by atoms with Gasteiger partial charge in [0, 0.05) is 11.4 Å². The largest absolute Gasteiger partial charge is 0.302 e. The first-order valence-corrected chi connectivity index (χ1v) is 11.3. The van der Waals surface area contributed by atoms with Crippen molar-refractivity contribution in [3.05, 3.63) is 52.5 Å². The molecule has 0 radical (unpaired) electrons. The quantitative estimate of drug-likeness (QED) is 0.621. The molecule has 1 N–H and O–H groups in total. The fourth-order valence-electron chi connectivity index (χ4n) is 2.79. The number of aromatic nitrogens is 1.